The van der Waals surface area contributed by atoms with Crippen molar-refractivity contribution >= 4 is 21.7 Å². The molecule has 0 heterocycles. The second kappa shape index (κ2) is 6.91. The van der Waals surface area contributed by atoms with Gasteiger partial charge in [0, 0.05) is 18.3 Å². The number of benzene rings is 1. The average molecular weight is 314 g/mol. The Hall–Kier alpha value is -1.60. The van der Waals surface area contributed by atoms with Crippen molar-refractivity contribution in [1.82, 2.24) is 4.31 Å². The molecular weight excluding hydrogens is 292 g/mol. The van der Waals surface area contributed by atoms with Crippen molar-refractivity contribution in [2.24, 2.45) is 0 Å². The summed E-state index contributed by atoms with van der Waals surface area (Å²) in [6, 6.07) is 6.68. The van der Waals surface area contributed by atoms with Gasteiger partial charge >= 0.3 is 5.97 Å². The average Bonchev–Trinajstić information content (AvgIpc) is 2.44. The van der Waals surface area contributed by atoms with Gasteiger partial charge in [0.05, 0.1) is 7.11 Å². The molecule has 0 fully saturated rings. The zero-order valence-electron chi connectivity index (χ0n) is 12.7. The maximum atomic E-state index is 12.5. The summed E-state index contributed by atoms with van der Waals surface area (Å²) in [7, 11) is -2.62. The van der Waals surface area contributed by atoms with Crippen molar-refractivity contribution in [2.75, 3.05) is 12.8 Å². The van der Waals surface area contributed by atoms with Crippen LogP contribution in [0.5, 0.6) is 0 Å². The molecule has 6 nitrogen and oxygen atoms in total. The fraction of sp³-hybridized carbons (Fsp3) is 0.500. The molecule has 1 rings (SSSR count). The smallest absolute Gasteiger partial charge is 0.325 e. The number of ether oxygens (including phenoxy) is 1. The van der Waals surface area contributed by atoms with Crippen LogP contribution in [0.15, 0.2) is 24.3 Å². The van der Waals surface area contributed by atoms with Crippen molar-refractivity contribution in [2.45, 2.75) is 38.6 Å². The number of esters is 1. The van der Waals surface area contributed by atoms with Crippen LogP contribution < -0.4 is 5.73 Å². The zero-order valence-corrected chi connectivity index (χ0v) is 13.6. The number of carbonyl (C=O) groups excluding carboxylic acids is 1. The highest BCUT2D eigenvalue weighted by Crippen LogP contribution is 2.18. The van der Waals surface area contributed by atoms with Crippen LogP contribution in [-0.4, -0.2) is 37.1 Å². The van der Waals surface area contributed by atoms with E-state index in [0.29, 0.717) is 5.69 Å². The molecule has 0 spiro atoms. The standard InChI is InChI=1S/C14H22N2O4S/c1-10(2)16(9-12-5-7-13(15)8-6-12)21(18,19)11(3)14(17)20-4/h5-8,10-11H,9,15H2,1-4H3. The van der Waals surface area contributed by atoms with E-state index in [0.717, 1.165) is 5.56 Å². The summed E-state index contributed by atoms with van der Waals surface area (Å²) in [6.07, 6.45) is 0. The van der Waals surface area contributed by atoms with Crippen LogP contribution in [-0.2, 0) is 26.1 Å². The van der Waals surface area contributed by atoms with Crippen LogP contribution >= 0.6 is 0 Å². The lowest BCUT2D eigenvalue weighted by atomic mass is 10.2. The largest absolute Gasteiger partial charge is 0.468 e. The molecule has 7 heteroatoms. The zero-order chi connectivity index (χ0) is 16.2. The first-order valence-electron chi connectivity index (χ1n) is 6.63. The van der Waals surface area contributed by atoms with Gasteiger partial charge in [-0.3, -0.25) is 4.79 Å². The Morgan fingerprint density at radius 2 is 1.76 bits per heavy atom. The van der Waals surface area contributed by atoms with Gasteiger partial charge in [-0.2, -0.15) is 4.31 Å². The van der Waals surface area contributed by atoms with Gasteiger partial charge in [0.15, 0.2) is 5.25 Å². The van der Waals surface area contributed by atoms with Gasteiger partial charge in [-0.1, -0.05) is 12.1 Å². The Morgan fingerprint density at radius 1 is 1.24 bits per heavy atom. The summed E-state index contributed by atoms with van der Waals surface area (Å²) in [5, 5.41) is -1.24. The molecule has 1 unspecified atom stereocenters. The molecule has 0 aromatic heterocycles. The SMILES string of the molecule is COC(=O)C(C)S(=O)(=O)N(Cc1ccc(N)cc1)C(C)C. The number of anilines is 1. The predicted octanol–water partition coefficient (Wildman–Crippen LogP) is 1.37. The van der Waals surface area contributed by atoms with E-state index in [4.69, 9.17) is 5.73 Å². The Balaban J connectivity index is 3.06. The third kappa shape index (κ3) is 4.18. The van der Waals surface area contributed by atoms with Crippen LogP contribution in [0.2, 0.25) is 0 Å². The summed E-state index contributed by atoms with van der Waals surface area (Å²) in [5.41, 5.74) is 7.03. The molecule has 118 valence electrons. The highest BCUT2D eigenvalue weighted by molar-refractivity contribution is 7.90. The maximum Gasteiger partial charge on any atom is 0.325 e. The summed E-state index contributed by atoms with van der Waals surface area (Å²) in [5.74, 6) is -0.766. The van der Waals surface area contributed by atoms with Crippen LogP contribution in [0.3, 0.4) is 0 Å². The molecule has 0 bridgehead atoms. The first kappa shape index (κ1) is 17.5. The number of nitrogens with zero attached hydrogens (tertiary/aromatic N) is 1. The van der Waals surface area contributed by atoms with Crippen molar-refractivity contribution < 1.29 is 17.9 Å². The molecule has 1 aromatic rings. The lowest BCUT2D eigenvalue weighted by Gasteiger charge is -2.28. The number of sulfonamides is 1. The number of rotatable bonds is 6. The number of nitrogen functional groups attached to an aromatic ring is 1. The lowest BCUT2D eigenvalue weighted by Crippen LogP contribution is -2.44. The van der Waals surface area contributed by atoms with Crippen LogP contribution in [0.1, 0.15) is 26.3 Å². The number of nitrogens with two attached hydrogens (primary N) is 1. The van der Waals surface area contributed by atoms with E-state index < -0.39 is 21.2 Å². The Kier molecular flexibility index (Phi) is 5.74. The molecule has 2 N–H and O–H groups in total. The Bertz CT molecular complexity index is 581. The number of carbonyl (C=O) groups is 1. The van der Waals surface area contributed by atoms with E-state index in [9.17, 15) is 13.2 Å². The van der Waals surface area contributed by atoms with Crippen molar-refractivity contribution in [3.63, 3.8) is 0 Å². The quantitative estimate of drug-likeness (QED) is 0.632. The van der Waals surface area contributed by atoms with E-state index in [1.54, 1.807) is 38.1 Å². The number of hydrogen-bond acceptors (Lipinski definition) is 5. The molecular formula is C14H22N2O4S. The summed E-state index contributed by atoms with van der Waals surface area (Å²) in [6.45, 7) is 5.04. The summed E-state index contributed by atoms with van der Waals surface area (Å²) >= 11 is 0. The summed E-state index contributed by atoms with van der Waals surface area (Å²) in [4.78, 5) is 11.5. The molecule has 0 aliphatic carbocycles. The minimum atomic E-state index is -3.79. The van der Waals surface area contributed by atoms with Gasteiger partial charge in [0.25, 0.3) is 0 Å². The first-order valence-corrected chi connectivity index (χ1v) is 8.13. The van der Waals surface area contributed by atoms with Gasteiger partial charge in [-0.15, -0.1) is 0 Å². The summed E-state index contributed by atoms with van der Waals surface area (Å²) < 4.78 is 30.9. The molecule has 1 aromatic carbocycles. The highest BCUT2D eigenvalue weighted by atomic mass is 32.2. The van der Waals surface area contributed by atoms with E-state index >= 15 is 0 Å². The second-order valence-electron chi connectivity index (χ2n) is 5.09. The minimum Gasteiger partial charge on any atom is -0.468 e. The molecule has 1 atom stereocenters. The topological polar surface area (TPSA) is 89.7 Å². The lowest BCUT2D eigenvalue weighted by molar-refractivity contribution is -0.139. The molecule has 21 heavy (non-hydrogen) atoms. The van der Waals surface area contributed by atoms with Gasteiger partial charge in [0.2, 0.25) is 10.0 Å². The van der Waals surface area contributed by atoms with Crippen molar-refractivity contribution in [1.29, 1.82) is 0 Å². The monoisotopic (exact) mass is 314 g/mol. The third-order valence-electron chi connectivity index (χ3n) is 3.20. The van der Waals surface area contributed by atoms with Crippen molar-refractivity contribution in [3.8, 4) is 0 Å². The predicted molar refractivity (Wildman–Crippen MR) is 81.9 cm³/mol. The molecule has 0 aliphatic heterocycles. The van der Waals surface area contributed by atoms with E-state index in [-0.39, 0.29) is 12.6 Å². The number of methoxy groups -OCH3 is 1. The highest BCUT2D eigenvalue weighted by Gasteiger charge is 2.36. The Labute approximate surface area is 125 Å². The fourth-order valence-electron chi connectivity index (χ4n) is 1.86. The first-order chi connectivity index (χ1) is 9.70. The molecule has 0 amide bonds. The molecule has 0 saturated heterocycles. The maximum absolute atomic E-state index is 12.5. The van der Waals surface area contributed by atoms with Crippen LogP contribution in [0.25, 0.3) is 0 Å². The van der Waals surface area contributed by atoms with Crippen LogP contribution in [0, 0.1) is 0 Å². The van der Waals surface area contributed by atoms with E-state index in [2.05, 4.69) is 4.74 Å². The molecule has 0 aliphatic rings. The van der Waals surface area contributed by atoms with Crippen LogP contribution in [0.4, 0.5) is 5.69 Å². The van der Waals surface area contributed by atoms with Gasteiger partial charge in [0.1, 0.15) is 0 Å². The van der Waals surface area contributed by atoms with E-state index in [1.165, 1.54) is 18.3 Å². The normalized spacial score (nSPS) is 13.4. The molecule has 0 radical (unpaired) electrons. The van der Waals surface area contributed by atoms with Gasteiger partial charge < -0.3 is 10.5 Å². The minimum absolute atomic E-state index is 0.182. The third-order valence-corrected chi connectivity index (χ3v) is 5.49. The van der Waals surface area contributed by atoms with E-state index in [1.807, 2.05) is 0 Å². The van der Waals surface area contributed by atoms with Gasteiger partial charge in [-0.25, -0.2) is 8.42 Å². The molecule has 0 saturated carbocycles. The Morgan fingerprint density at radius 3 is 2.19 bits per heavy atom. The van der Waals surface area contributed by atoms with Gasteiger partial charge in [-0.05, 0) is 38.5 Å². The fourth-order valence-corrected chi connectivity index (χ4v) is 3.52. The second-order valence-corrected chi connectivity index (χ2v) is 7.30. The number of hydrogen-bond donors (Lipinski definition) is 1. The van der Waals surface area contributed by atoms with Crippen molar-refractivity contribution in [3.05, 3.63) is 29.8 Å².